The summed E-state index contributed by atoms with van der Waals surface area (Å²) < 4.78 is 53.2. The number of aliphatic hydroxyl groups excluding tert-OH is 12. The Kier molecular flexibility index (Phi) is 37.5. The van der Waals surface area contributed by atoms with E-state index in [4.69, 9.17) is 37.9 Å². The van der Waals surface area contributed by atoms with Crippen molar-refractivity contribution in [3.8, 4) is 0 Å². The van der Waals surface area contributed by atoms with Crippen LogP contribution in [0.15, 0.2) is 24.8 Å². The van der Waals surface area contributed by atoms with Crippen LogP contribution in [0, 0.1) is 5.92 Å². The first kappa shape index (κ1) is 90.1. The van der Waals surface area contributed by atoms with E-state index in [1.807, 2.05) is 12.4 Å². The molecule has 0 aliphatic carbocycles. The Morgan fingerprint density at radius 2 is 0.712 bits per heavy atom. The number of hydrogen-bond donors (Lipinski definition) is 16. The summed E-state index contributed by atoms with van der Waals surface area (Å²) in [6.07, 6.45) is -3.16. The van der Waals surface area contributed by atoms with E-state index in [2.05, 4.69) is 62.1 Å². The number of rotatable bonds is 50. The first-order valence-corrected chi connectivity index (χ1v) is 38.4. The van der Waals surface area contributed by atoms with Crippen LogP contribution in [0.1, 0.15) is 147 Å². The van der Waals surface area contributed by atoms with Gasteiger partial charge in [-0.1, -0.05) is 34.2 Å². The Hall–Kier alpha value is -6.44. The van der Waals surface area contributed by atoms with Gasteiger partial charge in [-0.05, 0) is 96.4 Å². The van der Waals surface area contributed by atoms with Crippen molar-refractivity contribution in [2.24, 2.45) is 5.92 Å². The number of carboxylic acid groups (broad SMARTS) is 1. The van der Waals surface area contributed by atoms with Crippen molar-refractivity contribution in [1.29, 1.82) is 0 Å². The third-order valence-electron chi connectivity index (χ3n) is 20.0. The van der Waals surface area contributed by atoms with E-state index in [1.54, 1.807) is 42.9 Å². The predicted octanol–water partition coefficient (Wildman–Crippen LogP) is -4.97. The number of hydrogen-bond acceptors (Lipinski definition) is 34. The van der Waals surface area contributed by atoms with Gasteiger partial charge in [0.05, 0.1) is 55.3 Å². The van der Waals surface area contributed by atoms with Crippen LogP contribution >= 0.6 is 0 Å². The average Bonchev–Trinajstić information content (AvgIpc) is 1.83. The zero-order valence-electron chi connectivity index (χ0n) is 63.5. The number of ether oxygens (including phenoxy) is 8. The number of carboxylic acids is 1. The fourth-order valence-corrected chi connectivity index (χ4v) is 13.8. The van der Waals surface area contributed by atoms with E-state index in [-0.39, 0.29) is 39.3 Å². The van der Waals surface area contributed by atoms with Crippen LogP contribution < -0.4 is 16.0 Å². The average molecular weight is 1580 g/mol. The lowest BCUT2D eigenvalue weighted by atomic mass is 9.92. The third-order valence-corrected chi connectivity index (χ3v) is 20.0. The largest absolute Gasteiger partial charge is 0.480 e. The summed E-state index contributed by atoms with van der Waals surface area (Å²) >= 11 is 0. The van der Waals surface area contributed by atoms with Gasteiger partial charge in [0, 0.05) is 130 Å². The molecule has 0 aromatic carbocycles. The maximum absolute atomic E-state index is 13.6. The highest BCUT2D eigenvalue weighted by atomic mass is 16.7. The molecule has 4 aromatic rings. The summed E-state index contributed by atoms with van der Waals surface area (Å²) in [6.45, 7) is 7.48. The van der Waals surface area contributed by atoms with E-state index in [9.17, 15) is 85.6 Å². The number of aliphatic hydroxyl groups is 12. The molecular formula is C69H117N17O25. The SMILES string of the molecule is CC(=O)N[C@H]1[C@H](OCCCCCn2cc(CN(CCCC[C@@H](C(=O)O)N(Cc3cn(CCCCCO[C@@H]4O[C@H](CO)[C@H](O)[C@H](O)[C@H]4C)nn3)Cc3cn(CCCCCO[C@@H]4O[C@H](CO)[C@H](O)[C@H](O)[C@H]4NC(C)=O)nn3)Cc3cn(CCCCCO[C@@H]4O[C@H](CO)[C@H](O)[C@H](O)[C@H]4NC(C)=O)nn3)nn2)O[C@H](CO)[C@H](O)[C@@H]1O. The number of aliphatic carboxylic acids is 1. The Labute approximate surface area is 642 Å². The predicted molar refractivity (Wildman–Crippen MR) is 381 cm³/mol. The molecule has 3 amide bonds. The fourth-order valence-electron chi connectivity index (χ4n) is 13.8. The second kappa shape index (κ2) is 46.2. The third kappa shape index (κ3) is 27.6. The molecule has 4 aliphatic heterocycles. The van der Waals surface area contributed by atoms with Gasteiger partial charge in [0.25, 0.3) is 0 Å². The molecule has 8 rings (SSSR count). The van der Waals surface area contributed by atoms with Gasteiger partial charge < -0.3 is 120 Å². The van der Waals surface area contributed by atoms with Gasteiger partial charge in [-0.15, -0.1) is 20.4 Å². The summed E-state index contributed by atoms with van der Waals surface area (Å²) in [5, 5.41) is 177. The van der Waals surface area contributed by atoms with E-state index >= 15 is 0 Å². The molecular weight excluding hydrogens is 1470 g/mol. The molecule has 8 heterocycles. The molecule has 4 aliphatic rings. The molecule has 0 spiro atoms. The van der Waals surface area contributed by atoms with Crippen LogP contribution in [0.2, 0.25) is 0 Å². The second-order valence-electron chi connectivity index (χ2n) is 28.9. The smallest absolute Gasteiger partial charge is 0.320 e. The van der Waals surface area contributed by atoms with Gasteiger partial charge in [-0.2, -0.15) is 0 Å². The molecule has 0 unspecified atom stereocenters. The standard InChI is InChI=1S/C69H117N17O25/c1-41-57(94)58(95)50(37-87)108-66(41)104-25-15-5-10-23-85-35-47(75-79-85)31-82(32-48-36-86(80-76-48)24-13-8-18-28-107-69-56(72-44(4)93)64(101)61(98)53(40-90)111-69)49(65(102)103)19-9-14-20-81(29-45-33-83(77-73-45)21-11-6-16-26-105-67-54(70-42(2)91)62(99)59(96)51(38-88)109-67)30-46-34-84(78-74-46)22-12-7-17-27-106-68-55(71-43(3)92)63(100)60(97)52(39-89)110-68/h33-36,41,49-64,66-69,87-90,94-101H,5-32,37-40H2,1-4H3,(H,70,91)(H,71,92)(H,72,93)(H,102,103)/t41-,49+,50-,51-,52-,53-,54-,55-,56-,57-,58+,59+,60+,61+,62-,63-,64-,66-,67-,68-,69-/m1/s1. The number of carbonyl (C=O) groups is 4. The van der Waals surface area contributed by atoms with E-state index in [0.29, 0.717) is 159 Å². The van der Waals surface area contributed by atoms with Crippen molar-refractivity contribution in [3.05, 3.63) is 47.6 Å². The summed E-state index contributed by atoms with van der Waals surface area (Å²) in [4.78, 5) is 53.2. The van der Waals surface area contributed by atoms with E-state index in [1.165, 1.54) is 20.8 Å². The molecule has 628 valence electrons. The minimum absolute atomic E-state index is 0.0814. The van der Waals surface area contributed by atoms with Crippen LogP contribution in [0.25, 0.3) is 0 Å². The van der Waals surface area contributed by atoms with Crippen LogP contribution in [-0.2, 0) is 109 Å². The molecule has 0 radical (unpaired) electrons. The van der Waals surface area contributed by atoms with E-state index in [0.717, 1.165) is 6.42 Å². The van der Waals surface area contributed by atoms with Crippen molar-refractivity contribution in [3.63, 3.8) is 0 Å². The zero-order chi connectivity index (χ0) is 80.1. The Morgan fingerprint density at radius 1 is 0.414 bits per heavy atom. The Bertz CT molecular complexity index is 3260. The van der Waals surface area contributed by atoms with Gasteiger partial charge in [0.15, 0.2) is 25.2 Å². The van der Waals surface area contributed by atoms with Crippen LogP contribution in [-0.4, -0.2) is 342 Å². The minimum Gasteiger partial charge on any atom is -0.480 e. The maximum atomic E-state index is 13.6. The van der Waals surface area contributed by atoms with Gasteiger partial charge in [0.2, 0.25) is 17.7 Å². The number of aromatic nitrogens is 12. The second-order valence-corrected chi connectivity index (χ2v) is 28.9. The number of nitrogens with zero attached hydrogens (tertiary/aromatic N) is 14. The highest BCUT2D eigenvalue weighted by Crippen LogP contribution is 2.29. The molecule has 4 aromatic heterocycles. The number of aryl methyl sites for hydroxylation is 4. The lowest BCUT2D eigenvalue weighted by molar-refractivity contribution is -0.282. The Balaban J connectivity index is 0.887. The highest BCUT2D eigenvalue weighted by Gasteiger charge is 2.49. The molecule has 21 atom stereocenters. The van der Waals surface area contributed by atoms with Gasteiger partial charge in [-0.3, -0.25) is 47.7 Å². The number of nitrogens with one attached hydrogen (secondary N) is 3. The maximum Gasteiger partial charge on any atom is 0.320 e. The highest BCUT2D eigenvalue weighted by molar-refractivity contribution is 5.74. The van der Waals surface area contributed by atoms with Crippen LogP contribution in [0.4, 0.5) is 0 Å². The lowest BCUT2D eigenvalue weighted by Gasteiger charge is -2.42. The zero-order valence-corrected chi connectivity index (χ0v) is 63.5. The van der Waals surface area contributed by atoms with Gasteiger partial charge in [-0.25, -0.2) is 0 Å². The molecule has 4 saturated heterocycles. The molecule has 42 heteroatoms. The fraction of sp³-hybridized carbons (Fsp3) is 0.826. The quantitative estimate of drug-likeness (QED) is 0.0184. The minimum atomic E-state index is -1.44. The van der Waals surface area contributed by atoms with Crippen molar-refractivity contribution < 1.29 is 123 Å². The molecule has 0 bridgehead atoms. The van der Waals surface area contributed by atoms with Crippen LogP contribution in [0.3, 0.4) is 0 Å². The van der Waals surface area contributed by atoms with E-state index < -0.39 is 179 Å². The summed E-state index contributed by atoms with van der Waals surface area (Å²) in [5.74, 6) is -2.97. The van der Waals surface area contributed by atoms with Gasteiger partial charge in [0.1, 0.15) is 91.3 Å². The summed E-state index contributed by atoms with van der Waals surface area (Å²) in [7, 11) is 0. The molecule has 0 saturated carbocycles. The normalized spacial score (nSPS) is 28.7. The Morgan fingerprint density at radius 3 is 1.02 bits per heavy atom. The number of carbonyl (C=O) groups excluding carboxylic acids is 3. The summed E-state index contributed by atoms with van der Waals surface area (Å²) in [5.41, 5.74) is 2.35. The number of amides is 3. The molecule has 16 N–H and O–H groups in total. The monoisotopic (exact) mass is 1580 g/mol. The van der Waals surface area contributed by atoms with Crippen molar-refractivity contribution >= 4 is 23.7 Å². The molecule has 42 nitrogen and oxygen atoms in total. The summed E-state index contributed by atoms with van der Waals surface area (Å²) in [6, 6.07) is -4.21. The molecule has 111 heavy (non-hydrogen) atoms. The van der Waals surface area contributed by atoms with Crippen molar-refractivity contribution in [2.45, 2.75) is 299 Å². The van der Waals surface area contributed by atoms with Gasteiger partial charge >= 0.3 is 5.97 Å². The lowest BCUT2D eigenvalue weighted by Crippen LogP contribution is -2.64. The number of unbranched alkanes of at least 4 members (excludes halogenated alkanes) is 9. The topological polar surface area (TPSA) is 571 Å². The van der Waals surface area contributed by atoms with Crippen molar-refractivity contribution in [2.75, 3.05) is 59.4 Å². The molecule has 4 fully saturated rings. The first-order chi connectivity index (χ1) is 53.4. The first-order valence-electron chi connectivity index (χ1n) is 38.4. The van der Waals surface area contributed by atoms with Crippen molar-refractivity contribution in [1.82, 2.24) is 85.7 Å². The van der Waals surface area contributed by atoms with Crippen LogP contribution in [0.5, 0.6) is 0 Å².